The Bertz CT molecular complexity index is 309. The summed E-state index contributed by atoms with van der Waals surface area (Å²) in [6.07, 6.45) is 0.750. The van der Waals surface area contributed by atoms with Crippen LogP contribution in [0.25, 0.3) is 0 Å². The molecule has 1 N–H and O–H groups in total. The van der Waals surface area contributed by atoms with Crippen LogP contribution in [0.1, 0.15) is 5.56 Å². The van der Waals surface area contributed by atoms with E-state index < -0.39 is 0 Å². The highest BCUT2D eigenvalue weighted by molar-refractivity contribution is 5.73. The Morgan fingerprint density at radius 2 is 2.00 bits per heavy atom. The molecule has 0 saturated heterocycles. The zero-order chi connectivity index (χ0) is 11.3. The lowest BCUT2D eigenvalue weighted by Gasteiger charge is -2.17. The Hall–Kier alpha value is -1.51. The third-order valence-electron chi connectivity index (χ3n) is 2.06. The van der Waals surface area contributed by atoms with Crippen LogP contribution in [0.3, 0.4) is 0 Å². The van der Waals surface area contributed by atoms with Crippen LogP contribution in [-0.2, 0) is 6.42 Å². The molecule has 2 amide bonds. The Labute approximate surface area is 91.1 Å². The van der Waals surface area contributed by atoms with Crippen LogP contribution in [0.4, 0.5) is 4.79 Å². The molecule has 1 atom stereocenters. The molecule has 1 aromatic rings. The predicted molar refractivity (Wildman–Crippen MR) is 61.5 cm³/mol. The van der Waals surface area contributed by atoms with Crippen molar-refractivity contribution in [1.82, 2.24) is 10.2 Å². The molecule has 0 aliphatic rings. The van der Waals surface area contributed by atoms with E-state index in [0.29, 0.717) is 0 Å². The Balaban J connectivity index is 2.43. The molecular weight excluding hydrogens is 188 g/mol. The van der Waals surface area contributed by atoms with Gasteiger partial charge in [-0.05, 0) is 18.9 Å². The summed E-state index contributed by atoms with van der Waals surface area (Å²) in [6.45, 7) is 3.90. The second-order valence-corrected chi connectivity index (χ2v) is 3.73. The second kappa shape index (κ2) is 5.39. The molecule has 0 heterocycles. The van der Waals surface area contributed by atoms with E-state index in [1.54, 1.807) is 14.1 Å². The standard InChI is InChI=1S/C12H17N2O/c1-10(13-12(15)14(2)3)9-11-7-5-4-6-8-11/h4-8,10H,1,9H2,2-3H3,(H,13,15)/t10-/m0/s1. The van der Waals surface area contributed by atoms with Crippen LogP contribution in [-0.4, -0.2) is 31.1 Å². The summed E-state index contributed by atoms with van der Waals surface area (Å²) in [5, 5.41) is 2.80. The van der Waals surface area contributed by atoms with E-state index in [1.165, 1.54) is 10.5 Å². The lowest BCUT2D eigenvalue weighted by Crippen LogP contribution is -2.41. The molecule has 15 heavy (non-hydrogen) atoms. The fourth-order valence-corrected chi connectivity index (χ4v) is 1.25. The molecular formula is C12H17N2O. The van der Waals surface area contributed by atoms with Crippen LogP contribution < -0.4 is 5.32 Å². The Morgan fingerprint density at radius 1 is 1.40 bits per heavy atom. The van der Waals surface area contributed by atoms with Crippen LogP contribution in [0, 0.1) is 6.92 Å². The Morgan fingerprint density at radius 3 is 2.53 bits per heavy atom. The molecule has 0 aromatic heterocycles. The SMILES string of the molecule is [CH2][C@@H](Cc1ccccc1)NC(=O)N(C)C. The maximum absolute atomic E-state index is 11.3. The predicted octanol–water partition coefficient (Wildman–Crippen LogP) is 1.70. The number of amides is 2. The van der Waals surface area contributed by atoms with E-state index in [4.69, 9.17) is 0 Å². The summed E-state index contributed by atoms with van der Waals surface area (Å²) in [5.74, 6) is 0. The molecule has 0 bridgehead atoms. The number of rotatable bonds is 3. The van der Waals surface area contributed by atoms with Crippen molar-refractivity contribution in [3.63, 3.8) is 0 Å². The number of urea groups is 1. The van der Waals surface area contributed by atoms with Gasteiger partial charge >= 0.3 is 6.03 Å². The molecule has 0 spiro atoms. The number of benzene rings is 1. The third kappa shape index (κ3) is 4.02. The van der Waals surface area contributed by atoms with E-state index in [-0.39, 0.29) is 12.1 Å². The number of carbonyl (C=O) groups is 1. The van der Waals surface area contributed by atoms with Gasteiger partial charge in [0.1, 0.15) is 0 Å². The Kier molecular flexibility index (Phi) is 4.16. The summed E-state index contributed by atoms with van der Waals surface area (Å²) in [6, 6.07) is 9.79. The highest BCUT2D eigenvalue weighted by Gasteiger charge is 2.08. The normalized spacial score (nSPS) is 11.9. The van der Waals surface area contributed by atoms with Crippen molar-refractivity contribution in [2.45, 2.75) is 12.5 Å². The van der Waals surface area contributed by atoms with Gasteiger partial charge in [0.2, 0.25) is 0 Å². The third-order valence-corrected chi connectivity index (χ3v) is 2.06. The largest absolute Gasteiger partial charge is 0.335 e. The fourth-order valence-electron chi connectivity index (χ4n) is 1.25. The van der Waals surface area contributed by atoms with Crippen LogP contribution >= 0.6 is 0 Å². The van der Waals surface area contributed by atoms with Gasteiger partial charge < -0.3 is 10.2 Å². The van der Waals surface area contributed by atoms with Crippen molar-refractivity contribution >= 4 is 6.03 Å². The molecule has 1 radical (unpaired) electrons. The second-order valence-electron chi connectivity index (χ2n) is 3.73. The summed E-state index contributed by atoms with van der Waals surface area (Å²) < 4.78 is 0. The summed E-state index contributed by atoms with van der Waals surface area (Å²) in [4.78, 5) is 12.8. The number of hydrogen-bond donors (Lipinski definition) is 1. The van der Waals surface area contributed by atoms with Gasteiger partial charge in [-0.3, -0.25) is 0 Å². The lowest BCUT2D eigenvalue weighted by molar-refractivity contribution is 0.215. The minimum Gasteiger partial charge on any atom is -0.335 e. The minimum atomic E-state index is -0.106. The number of nitrogens with zero attached hydrogens (tertiary/aromatic N) is 1. The van der Waals surface area contributed by atoms with Gasteiger partial charge in [0, 0.05) is 20.1 Å². The van der Waals surface area contributed by atoms with Crippen LogP contribution in [0.2, 0.25) is 0 Å². The molecule has 0 aliphatic carbocycles. The molecule has 3 nitrogen and oxygen atoms in total. The first-order chi connectivity index (χ1) is 7.09. The summed E-state index contributed by atoms with van der Waals surface area (Å²) in [7, 11) is 3.43. The monoisotopic (exact) mass is 205 g/mol. The van der Waals surface area contributed by atoms with Crippen molar-refractivity contribution in [3.8, 4) is 0 Å². The maximum Gasteiger partial charge on any atom is 0.317 e. The van der Waals surface area contributed by atoms with Gasteiger partial charge in [0.05, 0.1) is 0 Å². The van der Waals surface area contributed by atoms with E-state index in [9.17, 15) is 4.79 Å². The molecule has 0 saturated carbocycles. The average Bonchev–Trinajstić information content (AvgIpc) is 2.18. The van der Waals surface area contributed by atoms with E-state index >= 15 is 0 Å². The number of hydrogen-bond acceptors (Lipinski definition) is 1. The van der Waals surface area contributed by atoms with Gasteiger partial charge in [-0.1, -0.05) is 30.3 Å². The summed E-state index contributed by atoms with van der Waals surface area (Å²) >= 11 is 0. The van der Waals surface area contributed by atoms with Gasteiger partial charge in [0.15, 0.2) is 0 Å². The molecule has 3 heteroatoms. The van der Waals surface area contributed by atoms with Crippen LogP contribution in [0.5, 0.6) is 0 Å². The molecule has 0 fully saturated rings. The zero-order valence-electron chi connectivity index (χ0n) is 9.23. The van der Waals surface area contributed by atoms with Gasteiger partial charge in [0.25, 0.3) is 0 Å². The van der Waals surface area contributed by atoms with E-state index in [0.717, 1.165) is 6.42 Å². The quantitative estimate of drug-likeness (QED) is 0.800. The average molecular weight is 205 g/mol. The summed E-state index contributed by atoms with van der Waals surface area (Å²) in [5.41, 5.74) is 1.18. The van der Waals surface area contributed by atoms with Gasteiger partial charge in [-0.15, -0.1) is 0 Å². The van der Waals surface area contributed by atoms with Crippen molar-refractivity contribution in [3.05, 3.63) is 42.8 Å². The van der Waals surface area contributed by atoms with Crippen LogP contribution in [0.15, 0.2) is 30.3 Å². The van der Waals surface area contributed by atoms with E-state index in [1.807, 2.05) is 30.3 Å². The van der Waals surface area contributed by atoms with Gasteiger partial charge in [-0.2, -0.15) is 0 Å². The first kappa shape index (κ1) is 11.6. The first-order valence-corrected chi connectivity index (χ1v) is 4.94. The molecule has 81 valence electrons. The maximum atomic E-state index is 11.3. The highest BCUT2D eigenvalue weighted by Crippen LogP contribution is 2.02. The molecule has 0 unspecified atom stereocenters. The van der Waals surface area contributed by atoms with Crippen molar-refractivity contribution in [2.75, 3.05) is 14.1 Å². The van der Waals surface area contributed by atoms with Gasteiger partial charge in [-0.25, -0.2) is 4.79 Å². The van der Waals surface area contributed by atoms with Crippen molar-refractivity contribution in [1.29, 1.82) is 0 Å². The van der Waals surface area contributed by atoms with Crippen molar-refractivity contribution in [2.24, 2.45) is 0 Å². The minimum absolute atomic E-state index is 0.0951. The molecule has 0 aliphatic heterocycles. The smallest absolute Gasteiger partial charge is 0.317 e. The number of carbonyl (C=O) groups excluding carboxylic acids is 1. The topological polar surface area (TPSA) is 32.3 Å². The highest BCUT2D eigenvalue weighted by atomic mass is 16.2. The van der Waals surface area contributed by atoms with E-state index in [2.05, 4.69) is 12.2 Å². The molecule has 1 rings (SSSR count). The van der Waals surface area contributed by atoms with Crippen molar-refractivity contribution < 1.29 is 4.79 Å². The molecule has 1 aromatic carbocycles. The fraction of sp³-hybridized carbons (Fsp3) is 0.333. The zero-order valence-corrected chi connectivity index (χ0v) is 9.23. The number of nitrogens with one attached hydrogen (secondary N) is 1. The first-order valence-electron chi connectivity index (χ1n) is 4.94. The lowest BCUT2D eigenvalue weighted by atomic mass is 10.1.